The van der Waals surface area contributed by atoms with E-state index in [1.54, 1.807) is 0 Å². The lowest BCUT2D eigenvalue weighted by Crippen LogP contribution is -2.18. The van der Waals surface area contributed by atoms with Gasteiger partial charge in [-0.25, -0.2) is 4.98 Å². The normalized spacial score (nSPS) is 11.5. The number of hydrogen-bond donors (Lipinski definition) is 0. The van der Waals surface area contributed by atoms with Crippen molar-refractivity contribution in [2.75, 3.05) is 0 Å². The first-order valence-corrected chi connectivity index (χ1v) is 3.65. The molecule has 0 saturated heterocycles. The van der Waals surface area contributed by atoms with Crippen LogP contribution in [0.1, 0.15) is 5.56 Å². The summed E-state index contributed by atoms with van der Waals surface area (Å²) >= 11 is 5.39. The van der Waals surface area contributed by atoms with E-state index >= 15 is 0 Å². The predicted molar refractivity (Wildman–Crippen MR) is 40.7 cm³/mol. The van der Waals surface area contributed by atoms with Gasteiger partial charge in [0, 0.05) is 5.56 Å². The van der Waals surface area contributed by atoms with Gasteiger partial charge < -0.3 is 4.74 Å². The first-order chi connectivity index (χ1) is 5.88. The number of aromatic nitrogens is 1. The van der Waals surface area contributed by atoms with Gasteiger partial charge in [-0.2, -0.15) is 0 Å². The molecule has 0 aliphatic heterocycles. The van der Waals surface area contributed by atoms with Crippen LogP contribution in [0, 0.1) is 6.92 Å². The SMILES string of the molecule is Cc1ccc(Cl)nc1OC(F)(F)F. The van der Waals surface area contributed by atoms with Gasteiger partial charge in [-0.3, -0.25) is 0 Å². The van der Waals surface area contributed by atoms with Gasteiger partial charge in [-0.15, -0.1) is 13.2 Å². The molecule has 0 aliphatic carbocycles. The van der Waals surface area contributed by atoms with Gasteiger partial charge in [0.25, 0.3) is 0 Å². The van der Waals surface area contributed by atoms with E-state index in [-0.39, 0.29) is 10.7 Å². The summed E-state index contributed by atoms with van der Waals surface area (Å²) in [6.07, 6.45) is -4.73. The predicted octanol–water partition coefficient (Wildman–Crippen LogP) is 2.94. The standard InChI is InChI=1S/C7H5ClF3NO/c1-4-2-3-5(8)12-6(4)13-7(9,10)11/h2-3H,1H3. The van der Waals surface area contributed by atoms with E-state index in [1.165, 1.54) is 19.1 Å². The van der Waals surface area contributed by atoms with Crippen LogP contribution in [0.4, 0.5) is 13.2 Å². The fraction of sp³-hybridized carbons (Fsp3) is 0.286. The smallest absolute Gasteiger partial charge is 0.388 e. The molecule has 0 spiro atoms. The van der Waals surface area contributed by atoms with E-state index in [0.29, 0.717) is 0 Å². The molecule has 2 nitrogen and oxygen atoms in total. The third-order valence-corrected chi connectivity index (χ3v) is 1.44. The third kappa shape index (κ3) is 3.10. The minimum atomic E-state index is -4.73. The molecule has 0 radical (unpaired) electrons. The van der Waals surface area contributed by atoms with Crippen molar-refractivity contribution in [3.8, 4) is 5.88 Å². The van der Waals surface area contributed by atoms with Gasteiger partial charge in [-0.1, -0.05) is 17.7 Å². The molecule has 0 bridgehead atoms. The fourth-order valence-corrected chi connectivity index (χ4v) is 0.840. The van der Waals surface area contributed by atoms with Crippen molar-refractivity contribution in [1.82, 2.24) is 4.98 Å². The molecule has 0 fully saturated rings. The Balaban J connectivity index is 2.94. The first kappa shape index (κ1) is 10.1. The number of pyridine rings is 1. The van der Waals surface area contributed by atoms with E-state index in [1.807, 2.05) is 0 Å². The van der Waals surface area contributed by atoms with Crippen molar-refractivity contribution in [3.63, 3.8) is 0 Å². The first-order valence-electron chi connectivity index (χ1n) is 3.27. The van der Waals surface area contributed by atoms with Gasteiger partial charge in [0.05, 0.1) is 0 Å². The minimum absolute atomic E-state index is 0.0372. The zero-order chi connectivity index (χ0) is 10.1. The summed E-state index contributed by atoms with van der Waals surface area (Å²) < 4.78 is 38.9. The van der Waals surface area contributed by atoms with Gasteiger partial charge >= 0.3 is 6.36 Å². The van der Waals surface area contributed by atoms with Crippen LogP contribution in [0.5, 0.6) is 5.88 Å². The number of rotatable bonds is 1. The Labute approximate surface area is 77.3 Å². The van der Waals surface area contributed by atoms with E-state index in [4.69, 9.17) is 11.6 Å². The molecule has 6 heteroatoms. The van der Waals surface area contributed by atoms with Crippen LogP contribution < -0.4 is 4.74 Å². The fourth-order valence-electron chi connectivity index (χ4n) is 0.700. The summed E-state index contributed by atoms with van der Waals surface area (Å²) in [7, 11) is 0. The van der Waals surface area contributed by atoms with Crippen LogP contribution in [0.3, 0.4) is 0 Å². The highest BCUT2D eigenvalue weighted by Crippen LogP contribution is 2.25. The molecule has 0 unspecified atom stereocenters. The summed E-state index contributed by atoms with van der Waals surface area (Å²) in [6, 6.07) is 2.79. The molecule has 0 atom stereocenters. The molecule has 13 heavy (non-hydrogen) atoms. The Morgan fingerprint density at radius 3 is 2.54 bits per heavy atom. The Morgan fingerprint density at radius 1 is 1.38 bits per heavy atom. The molecule has 1 heterocycles. The lowest BCUT2D eigenvalue weighted by molar-refractivity contribution is -0.276. The van der Waals surface area contributed by atoms with E-state index in [2.05, 4.69) is 9.72 Å². The van der Waals surface area contributed by atoms with E-state index in [9.17, 15) is 13.2 Å². The molecular weight excluding hydrogens is 207 g/mol. The average Bonchev–Trinajstić information content (AvgIpc) is 1.94. The van der Waals surface area contributed by atoms with Crippen LogP contribution in [0.25, 0.3) is 0 Å². The van der Waals surface area contributed by atoms with E-state index < -0.39 is 12.2 Å². The molecule has 72 valence electrons. The van der Waals surface area contributed by atoms with Gasteiger partial charge in [0.2, 0.25) is 5.88 Å². The second-order valence-electron chi connectivity index (χ2n) is 2.30. The largest absolute Gasteiger partial charge is 0.574 e. The Kier molecular flexibility index (Phi) is 2.66. The number of hydrogen-bond acceptors (Lipinski definition) is 2. The minimum Gasteiger partial charge on any atom is -0.388 e. The lowest BCUT2D eigenvalue weighted by atomic mass is 10.3. The van der Waals surface area contributed by atoms with Crippen molar-refractivity contribution in [1.29, 1.82) is 0 Å². The zero-order valence-corrected chi connectivity index (χ0v) is 7.28. The Hall–Kier alpha value is -0.970. The molecular formula is C7H5ClF3NO. The monoisotopic (exact) mass is 211 g/mol. The molecule has 0 aromatic carbocycles. The maximum Gasteiger partial charge on any atom is 0.574 e. The Morgan fingerprint density at radius 2 is 2.00 bits per heavy atom. The summed E-state index contributed by atoms with van der Waals surface area (Å²) in [5, 5.41) is -0.0372. The second kappa shape index (κ2) is 3.41. The number of alkyl halides is 3. The highest BCUT2D eigenvalue weighted by Gasteiger charge is 2.32. The van der Waals surface area contributed by atoms with Crippen LogP contribution in [-0.4, -0.2) is 11.3 Å². The molecule has 0 N–H and O–H groups in total. The quantitative estimate of drug-likeness (QED) is 0.667. The maximum absolute atomic E-state index is 11.7. The van der Waals surface area contributed by atoms with Gasteiger partial charge in [0.1, 0.15) is 5.15 Å². The lowest BCUT2D eigenvalue weighted by Gasteiger charge is -2.09. The average molecular weight is 212 g/mol. The molecule has 0 amide bonds. The topological polar surface area (TPSA) is 22.1 Å². The number of halogens is 4. The highest BCUT2D eigenvalue weighted by molar-refractivity contribution is 6.29. The summed E-state index contributed by atoms with van der Waals surface area (Å²) in [4.78, 5) is 3.38. The number of ether oxygens (including phenoxy) is 1. The maximum atomic E-state index is 11.7. The molecule has 1 aromatic rings. The highest BCUT2D eigenvalue weighted by atomic mass is 35.5. The van der Waals surface area contributed by atoms with Crippen LogP contribution >= 0.6 is 11.6 Å². The van der Waals surface area contributed by atoms with Crippen molar-refractivity contribution in [3.05, 3.63) is 22.8 Å². The van der Waals surface area contributed by atoms with E-state index in [0.717, 1.165) is 0 Å². The van der Waals surface area contributed by atoms with Crippen LogP contribution in [0.15, 0.2) is 12.1 Å². The second-order valence-corrected chi connectivity index (χ2v) is 2.69. The number of aryl methyl sites for hydroxylation is 1. The van der Waals surface area contributed by atoms with Gasteiger partial charge in [-0.05, 0) is 13.0 Å². The Bertz CT molecular complexity index is 313. The third-order valence-electron chi connectivity index (χ3n) is 1.23. The van der Waals surface area contributed by atoms with Gasteiger partial charge in [0.15, 0.2) is 0 Å². The van der Waals surface area contributed by atoms with Crippen LogP contribution in [-0.2, 0) is 0 Å². The summed E-state index contributed by atoms with van der Waals surface area (Å²) in [6.45, 7) is 1.45. The molecule has 0 saturated carbocycles. The van der Waals surface area contributed by atoms with Crippen molar-refractivity contribution >= 4 is 11.6 Å². The van der Waals surface area contributed by atoms with Crippen molar-refractivity contribution in [2.45, 2.75) is 13.3 Å². The molecule has 1 aromatic heterocycles. The number of nitrogens with zero attached hydrogens (tertiary/aromatic N) is 1. The molecule has 0 aliphatic rings. The van der Waals surface area contributed by atoms with Crippen molar-refractivity contribution < 1.29 is 17.9 Å². The van der Waals surface area contributed by atoms with Crippen molar-refractivity contribution in [2.24, 2.45) is 0 Å². The zero-order valence-electron chi connectivity index (χ0n) is 6.52. The van der Waals surface area contributed by atoms with Crippen LogP contribution in [0.2, 0.25) is 5.15 Å². The summed E-state index contributed by atoms with van der Waals surface area (Å²) in [5.41, 5.74) is 0.279. The molecule has 1 rings (SSSR count). The summed E-state index contributed by atoms with van der Waals surface area (Å²) in [5.74, 6) is -0.514.